The van der Waals surface area contributed by atoms with E-state index in [1.807, 2.05) is 0 Å². The maximum Gasteiger partial charge on any atom is 0.382 e. The molecular weight excluding hydrogens is 162 g/mol. The van der Waals surface area contributed by atoms with Crippen molar-refractivity contribution in [1.29, 1.82) is 0 Å². The molecule has 1 atom stereocenters. The van der Waals surface area contributed by atoms with E-state index < -0.39 is 16.9 Å². The van der Waals surface area contributed by atoms with Crippen molar-refractivity contribution in [1.82, 2.24) is 0 Å². The van der Waals surface area contributed by atoms with E-state index >= 15 is 0 Å². The minimum atomic E-state index is -1.44. The van der Waals surface area contributed by atoms with Crippen molar-refractivity contribution < 1.29 is 14.5 Å². The average Bonchev–Trinajstić information content (AvgIpc) is 1.88. The Balaban J connectivity index is 4.06. The molecule has 0 aliphatic rings. The molecule has 0 bridgehead atoms. The van der Waals surface area contributed by atoms with Gasteiger partial charge in [-0.2, -0.15) is 0 Å². The zero-order valence-corrected chi connectivity index (χ0v) is 6.00. The Hall–Kier alpha value is -0.840. The summed E-state index contributed by atoms with van der Waals surface area (Å²) in [7, 11) is 1.07. The van der Waals surface area contributed by atoms with Crippen LogP contribution in [0.3, 0.4) is 0 Å². The van der Waals surface area contributed by atoms with E-state index in [2.05, 4.69) is 4.74 Å². The lowest BCUT2D eigenvalue weighted by molar-refractivity contribution is -0.504. The van der Waals surface area contributed by atoms with Gasteiger partial charge in [-0.1, -0.05) is 0 Å². The number of esters is 1. The zero-order chi connectivity index (χ0) is 8.15. The highest BCUT2D eigenvalue weighted by atomic mass is 35.5. The number of hydrogen-bond donors (Lipinski definition) is 0. The molecule has 0 saturated carbocycles. The summed E-state index contributed by atoms with van der Waals surface area (Å²) >= 11 is 5.09. The van der Waals surface area contributed by atoms with Crippen LogP contribution in [0, 0.1) is 10.1 Å². The zero-order valence-electron chi connectivity index (χ0n) is 5.24. The molecule has 0 aliphatic heterocycles. The van der Waals surface area contributed by atoms with Gasteiger partial charge in [0.2, 0.25) is 0 Å². The molecule has 0 N–H and O–H groups in total. The first kappa shape index (κ1) is 9.16. The summed E-state index contributed by atoms with van der Waals surface area (Å²) in [5, 5.41) is 9.95. The fourth-order valence-electron chi connectivity index (χ4n) is 0.341. The molecule has 0 radical (unpaired) electrons. The first-order valence-electron chi connectivity index (χ1n) is 2.40. The van der Waals surface area contributed by atoms with Crippen LogP contribution in [0.15, 0.2) is 0 Å². The molecule has 0 aromatic carbocycles. The third-order valence-electron chi connectivity index (χ3n) is 0.874. The van der Waals surface area contributed by atoms with Crippen LogP contribution in [0.4, 0.5) is 0 Å². The van der Waals surface area contributed by atoms with Crippen LogP contribution < -0.4 is 0 Å². The summed E-state index contributed by atoms with van der Waals surface area (Å²) in [4.78, 5) is 19.6. The van der Waals surface area contributed by atoms with Gasteiger partial charge in [0.05, 0.1) is 7.11 Å². The van der Waals surface area contributed by atoms with E-state index in [0.29, 0.717) is 0 Å². The van der Waals surface area contributed by atoms with Gasteiger partial charge in [-0.15, -0.1) is 11.6 Å². The largest absolute Gasteiger partial charge is 0.464 e. The van der Waals surface area contributed by atoms with Crippen molar-refractivity contribution >= 4 is 17.6 Å². The van der Waals surface area contributed by atoms with E-state index in [4.69, 9.17) is 11.6 Å². The summed E-state index contributed by atoms with van der Waals surface area (Å²) in [5.74, 6) is -1.28. The highest BCUT2D eigenvalue weighted by Gasteiger charge is 2.29. The van der Waals surface area contributed by atoms with Gasteiger partial charge in [0, 0.05) is 4.92 Å². The van der Waals surface area contributed by atoms with Crippen LogP contribution in [0.25, 0.3) is 0 Å². The predicted octanol–water partition coefficient (Wildman–Crippen LogP) is 0.0435. The Kier molecular flexibility index (Phi) is 3.71. The maximum absolute atomic E-state index is 10.4. The van der Waals surface area contributed by atoms with Crippen LogP contribution >= 0.6 is 11.6 Å². The number of nitrogens with zero attached hydrogens (tertiary/aromatic N) is 1. The van der Waals surface area contributed by atoms with E-state index in [-0.39, 0.29) is 5.88 Å². The minimum absolute atomic E-state index is 0.361. The Labute approximate surface area is 62.1 Å². The molecule has 0 rings (SSSR count). The summed E-state index contributed by atoms with van der Waals surface area (Å²) in [5.41, 5.74) is 0. The van der Waals surface area contributed by atoms with Crippen LogP contribution in [0.2, 0.25) is 0 Å². The molecule has 1 unspecified atom stereocenters. The molecule has 0 aromatic heterocycles. The second-order valence-corrected chi connectivity index (χ2v) is 1.79. The maximum atomic E-state index is 10.4. The van der Waals surface area contributed by atoms with Gasteiger partial charge < -0.3 is 4.74 Å². The molecule has 58 valence electrons. The van der Waals surface area contributed by atoms with Crippen molar-refractivity contribution in [3.8, 4) is 0 Å². The van der Waals surface area contributed by atoms with Crippen LogP contribution in [-0.4, -0.2) is 29.9 Å². The van der Waals surface area contributed by atoms with Crippen LogP contribution in [0.5, 0.6) is 0 Å². The van der Waals surface area contributed by atoms with Gasteiger partial charge in [-0.25, -0.2) is 4.79 Å². The van der Waals surface area contributed by atoms with Crippen molar-refractivity contribution in [2.24, 2.45) is 0 Å². The fraction of sp³-hybridized carbons (Fsp3) is 0.750. The minimum Gasteiger partial charge on any atom is -0.464 e. The van der Waals surface area contributed by atoms with Gasteiger partial charge in [0.1, 0.15) is 5.88 Å². The molecule has 0 amide bonds. The smallest absolute Gasteiger partial charge is 0.382 e. The molecule has 0 aromatic rings. The number of carbonyl (C=O) groups excluding carboxylic acids is 1. The van der Waals surface area contributed by atoms with Crippen molar-refractivity contribution in [3.63, 3.8) is 0 Å². The fourth-order valence-corrected chi connectivity index (χ4v) is 0.580. The van der Waals surface area contributed by atoms with Gasteiger partial charge in [-0.05, 0) is 0 Å². The molecule has 0 heterocycles. The summed E-state index contributed by atoms with van der Waals surface area (Å²) in [6.45, 7) is 0. The molecular formula is C4H6ClNO4. The first-order valence-corrected chi connectivity index (χ1v) is 2.94. The molecule has 0 saturated heterocycles. The average molecular weight is 168 g/mol. The van der Waals surface area contributed by atoms with Gasteiger partial charge in [0.25, 0.3) is 0 Å². The number of rotatable bonds is 3. The number of nitro groups is 1. The summed E-state index contributed by atoms with van der Waals surface area (Å²) < 4.78 is 4.10. The topological polar surface area (TPSA) is 69.4 Å². The molecule has 6 heteroatoms. The second kappa shape index (κ2) is 4.05. The SMILES string of the molecule is COC(=O)C(CCl)[N+](=O)[O-]. The van der Waals surface area contributed by atoms with E-state index in [1.54, 1.807) is 0 Å². The van der Waals surface area contributed by atoms with Crippen LogP contribution in [0.1, 0.15) is 0 Å². The van der Waals surface area contributed by atoms with E-state index in [9.17, 15) is 14.9 Å². The summed E-state index contributed by atoms with van der Waals surface area (Å²) in [6.07, 6.45) is 0. The van der Waals surface area contributed by atoms with Gasteiger partial charge >= 0.3 is 12.0 Å². The second-order valence-electron chi connectivity index (χ2n) is 1.48. The third kappa shape index (κ3) is 2.18. The molecule has 10 heavy (non-hydrogen) atoms. The standard InChI is InChI=1S/C4H6ClNO4/c1-10-4(7)3(2-5)6(8)9/h3H,2H2,1H3. The Bertz CT molecular complexity index is 148. The Morgan fingerprint density at radius 1 is 1.90 bits per heavy atom. The number of ether oxygens (including phenoxy) is 1. The lowest BCUT2D eigenvalue weighted by Crippen LogP contribution is -2.32. The van der Waals surface area contributed by atoms with Crippen molar-refractivity contribution in [3.05, 3.63) is 10.1 Å². The monoisotopic (exact) mass is 167 g/mol. The molecule has 5 nitrogen and oxygen atoms in total. The normalized spacial score (nSPS) is 12.2. The number of hydrogen-bond acceptors (Lipinski definition) is 4. The molecule has 0 spiro atoms. The number of halogens is 1. The molecule has 0 fully saturated rings. The van der Waals surface area contributed by atoms with Crippen molar-refractivity contribution in [2.45, 2.75) is 6.04 Å². The number of methoxy groups -OCH3 is 1. The van der Waals surface area contributed by atoms with Gasteiger partial charge in [-0.3, -0.25) is 10.1 Å². The lowest BCUT2D eigenvalue weighted by atomic mass is 10.4. The number of alkyl halides is 1. The Morgan fingerprint density at radius 3 is 2.50 bits per heavy atom. The predicted molar refractivity (Wildman–Crippen MR) is 33.5 cm³/mol. The third-order valence-corrected chi connectivity index (χ3v) is 1.17. The quantitative estimate of drug-likeness (QED) is 0.258. The number of carbonyl (C=O) groups is 1. The van der Waals surface area contributed by atoms with E-state index in [0.717, 1.165) is 7.11 Å². The first-order chi connectivity index (χ1) is 4.63. The summed E-state index contributed by atoms with van der Waals surface area (Å²) in [6, 6.07) is -1.44. The van der Waals surface area contributed by atoms with Crippen molar-refractivity contribution in [2.75, 3.05) is 13.0 Å². The van der Waals surface area contributed by atoms with Crippen LogP contribution in [-0.2, 0) is 9.53 Å². The van der Waals surface area contributed by atoms with E-state index in [1.165, 1.54) is 0 Å². The highest BCUT2D eigenvalue weighted by Crippen LogP contribution is 1.95. The molecule has 0 aliphatic carbocycles. The Morgan fingerprint density at radius 2 is 2.40 bits per heavy atom. The highest BCUT2D eigenvalue weighted by molar-refractivity contribution is 6.19. The lowest BCUT2D eigenvalue weighted by Gasteiger charge is -2.01. The van der Waals surface area contributed by atoms with Gasteiger partial charge in [0.15, 0.2) is 0 Å².